The van der Waals surface area contributed by atoms with Gasteiger partial charge in [-0.2, -0.15) is 0 Å². The molecule has 1 aromatic carbocycles. The fourth-order valence-electron chi connectivity index (χ4n) is 2.83. The summed E-state index contributed by atoms with van der Waals surface area (Å²) in [6.45, 7) is 1.48. The van der Waals surface area contributed by atoms with E-state index >= 15 is 0 Å². The molecule has 0 radical (unpaired) electrons. The van der Waals surface area contributed by atoms with Crippen molar-refractivity contribution in [2.24, 2.45) is 5.16 Å². The normalized spacial score (nSPS) is 20.5. The predicted octanol–water partition coefficient (Wildman–Crippen LogP) is 1.10. The van der Waals surface area contributed by atoms with Gasteiger partial charge in [0.2, 0.25) is 5.91 Å². The fraction of sp³-hybridized carbons (Fsp3) is 0.438. The molecule has 8 nitrogen and oxygen atoms in total. The summed E-state index contributed by atoms with van der Waals surface area (Å²) in [5.41, 5.74) is 1.61. The first-order valence-electron chi connectivity index (χ1n) is 7.80. The van der Waals surface area contributed by atoms with Gasteiger partial charge in [0.05, 0.1) is 12.1 Å². The summed E-state index contributed by atoms with van der Waals surface area (Å²) in [5.74, 6) is 0.137. The number of nitrogens with zero attached hydrogens (tertiary/aromatic N) is 3. The highest BCUT2D eigenvalue weighted by Crippen LogP contribution is 2.21. The molecule has 2 heterocycles. The maximum Gasteiger partial charge on any atom is 0.407 e. The van der Waals surface area contributed by atoms with E-state index in [-0.39, 0.29) is 24.2 Å². The third-order valence-electron chi connectivity index (χ3n) is 4.24. The van der Waals surface area contributed by atoms with Crippen LogP contribution in [0.2, 0.25) is 0 Å². The van der Waals surface area contributed by atoms with Crippen molar-refractivity contribution in [2.75, 3.05) is 26.2 Å². The molecule has 0 aromatic heterocycles. The molecule has 0 aliphatic carbocycles. The number of hydrogen-bond acceptors (Lipinski definition) is 5. The topological polar surface area (TPSA) is 103 Å². The van der Waals surface area contributed by atoms with Gasteiger partial charge in [-0.05, 0) is 29.8 Å². The van der Waals surface area contributed by atoms with Crippen LogP contribution in [0.15, 0.2) is 29.4 Å². The minimum atomic E-state index is -0.951. The van der Waals surface area contributed by atoms with Gasteiger partial charge >= 0.3 is 6.09 Å². The van der Waals surface area contributed by atoms with E-state index in [4.69, 9.17) is 9.94 Å². The largest absolute Gasteiger partial charge is 0.508 e. The Morgan fingerprint density at radius 2 is 1.75 bits per heavy atom. The lowest BCUT2D eigenvalue weighted by Gasteiger charge is -2.33. The zero-order valence-corrected chi connectivity index (χ0v) is 13.1. The SMILES string of the molecule is O=C(O)N1CCN(C(=O)CC2CC(c3ccc(O)cc3)=NO2)CC1. The molecular weight excluding hydrogens is 314 g/mol. The first-order chi connectivity index (χ1) is 11.5. The van der Waals surface area contributed by atoms with Crippen molar-refractivity contribution in [3.63, 3.8) is 0 Å². The van der Waals surface area contributed by atoms with E-state index in [9.17, 15) is 14.7 Å². The maximum absolute atomic E-state index is 12.3. The van der Waals surface area contributed by atoms with Crippen LogP contribution >= 0.6 is 0 Å². The molecule has 3 rings (SSSR count). The second kappa shape index (κ2) is 6.77. The molecule has 0 bridgehead atoms. The number of carbonyl (C=O) groups excluding carboxylic acids is 1. The molecule has 2 aliphatic heterocycles. The molecule has 1 atom stereocenters. The second-order valence-corrected chi connectivity index (χ2v) is 5.87. The second-order valence-electron chi connectivity index (χ2n) is 5.87. The maximum atomic E-state index is 12.3. The first-order valence-corrected chi connectivity index (χ1v) is 7.80. The molecule has 128 valence electrons. The van der Waals surface area contributed by atoms with E-state index in [1.807, 2.05) is 0 Å². The lowest BCUT2D eigenvalue weighted by Crippen LogP contribution is -2.50. The standard InChI is InChI=1S/C16H19N3O5/c20-12-3-1-11(2-4-12)14-9-13(24-17-14)10-15(21)18-5-7-19(8-6-18)16(22)23/h1-4,13,20H,5-10H2,(H,22,23). The van der Waals surface area contributed by atoms with Gasteiger partial charge in [-0.1, -0.05) is 5.16 Å². The van der Waals surface area contributed by atoms with Crippen LogP contribution in [0.1, 0.15) is 18.4 Å². The van der Waals surface area contributed by atoms with Crippen LogP contribution in [-0.4, -0.2) is 70.0 Å². The van der Waals surface area contributed by atoms with Crippen molar-refractivity contribution in [1.82, 2.24) is 9.80 Å². The van der Waals surface area contributed by atoms with E-state index in [0.29, 0.717) is 32.6 Å². The fourth-order valence-corrected chi connectivity index (χ4v) is 2.83. The van der Waals surface area contributed by atoms with Crippen LogP contribution in [0, 0.1) is 0 Å². The van der Waals surface area contributed by atoms with Gasteiger partial charge in [0.1, 0.15) is 11.9 Å². The lowest BCUT2D eigenvalue weighted by molar-refractivity contribution is -0.135. The molecule has 2 aliphatic rings. The van der Waals surface area contributed by atoms with Gasteiger partial charge in [-0.3, -0.25) is 4.79 Å². The predicted molar refractivity (Wildman–Crippen MR) is 84.9 cm³/mol. The monoisotopic (exact) mass is 333 g/mol. The zero-order valence-electron chi connectivity index (χ0n) is 13.1. The molecule has 2 N–H and O–H groups in total. The Hall–Kier alpha value is -2.77. The number of carboxylic acid groups (broad SMARTS) is 1. The Kier molecular flexibility index (Phi) is 4.54. The van der Waals surface area contributed by atoms with Crippen LogP contribution in [0.25, 0.3) is 0 Å². The van der Waals surface area contributed by atoms with Gasteiger partial charge in [-0.15, -0.1) is 0 Å². The molecule has 24 heavy (non-hydrogen) atoms. The summed E-state index contributed by atoms with van der Waals surface area (Å²) in [6, 6.07) is 6.68. The molecule has 0 spiro atoms. The number of hydrogen-bond donors (Lipinski definition) is 2. The van der Waals surface area contributed by atoms with E-state index in [1.54, 1.807) is 29.2 Å². The van der Waals surface area contributed by atoms with E-state index in [1.165, 1.54) is 4.90 Å². The third-order valence-corrected chi connectivity index (χ3v) is 4.24. The minimum Gasteiger partial charge on any atom is -0.508 e. The van der Waals surface area contributed by atoms with Crippen molar-refractivity contribution in [1.29, 1.82) is 0 Å². The third kappa shape index (κ3) is 3.58. The summed E-state index contributed by atoms with van der Waals surface area (Å²) in [6.07, 6.45) is -0.504. The molecule has 0 saturated carbocycles. The van der Waals surface area contributed by atoms with Crippen LogP contribution in [0.4, 0.5) is 4.79 Å². The van der Waals surface area contributed by atoms with Crippen molar-refractivity contribution in [3.8, 4) is 5.75 Å². The number of aromatic hydroxyl groups is 1. The number of carbonyl (C=O) groups is 2. The molecule has 1 unspecified atom stereocenters. The molecule has 1 aromatic rings. The van der Waals surface area contributed by atoms with Gasteiger partial charge in [0, 0.05) is 32.6 Å². The van der Waals surface area contributed by atoms with Gasteiger partial charge in [0.15, 0.2) is 0 Å². The number of amides is 2. The highest BCUT2D eigenvalue weighted by atomic mass is 16.6. The van der Waals surface area contributed by atoms with E-state index in [2.05, 4.69) is 5.16 Å². The summed E-state index contributed by atoms with van der Waals surface area (Å²) in [4.78, 5) is 31.5. The summed E-state index contributed by atoms with van der Waals surface area (Å²) in [7, 11) is 0. The van der Waals surface area contributed by atoms with E-state index < -0.39 is 6.09 Å². The Balaban J connectivity index is 1.49. The molecule has 1 saturated heterocycles. The summed E-state index contributed by atoms with van der Waals surface area (Å²) < 4.78 is 0. The van der Waals surface area contributed by atoms with Crippen LogP contribution in [-0.2, 0) is 9.63 Å². The summed E-state index contributed by atoms with van der Waals surface area (Å²) >= 11 is 0. The first kappa shape index (κ1) is 16.1. The Morgan fingerprint density at radius 3 is 2.38 bits per heavy atom. The van der Waals surface area contributed by atoms with E-state index in [0.717, 1.165) is 11.3 Å². The number of oxime groups is 1. The number of phenols is 1. The average Bonchev–Trinajstić information content (AvgIpc) is 3.04. The molecular formula is C16H19N3O5. The van der Waals surface area contributed by atoms with Crippen LogP contribution in [0.3, 0.4) is 0 Å². The van der Waals surface area contributed by atoms with Crippen LogP contribution in [0.5, 0.6) is 5.75 Å². The highest BCUT2D eigenvalue weighted by molar-refractivity contribution is 6.01. The number of benzene rings is 1. The van der Waals surface area contributed by atoms with Crippen molar-refractivity contribution in [2.45, 2.75) is 18.9 Å². The smallest absolute Gasteiger partial charge is 0.407 e. The zero-order chi connectivity index (χ0) is 17.1. The minimum absolute atomic E-state index is 0.0489. The Bertz CT molecular complexity index is 650. The van der Waals surface area contributed by atoms with Crippen LogP contribution < -0.4 is 0 Å². The van der Waals surface area contributed by atoms with Crippen molar-refractivity contribution >= 4 is 17.7 Å². The number of rotatable bonds is 3. The highest BCUT2D eigenvalue weighted by Gasteiger charge is 2.29. The average molecular weight is 333 g/mol. The van der Waals surface area contributed by atoms with Crippen molar-refractivity contribution in [3.05, 3.63) is 29.8 Å². The quantitative estimate of drug-likeness (QED) is 0.862. The van der Waals surface area contributed by atoms with Crippen molar-refractivity contribution < 1.29 is 24.6 Å². The number of phenolic OH excluding ortho intramolecular Hbond substituents is 1. The van der Waals surface area contributed by atoms with Gasteiger partial charge in [0.25, 0.3) is 0 Å². The van der Waals surface area contributed by atoms with Gasteiger partial charge in [-0.25, -0.2) is 4.79 Å². The molecule has 8 heteroatoms. The Morgan fingerprint density at radius 1 is 1.12 bits per heavy atom. The molecule has 2 amide bonds. The summed E-state index contributed by atoms with van der Waals surface area (Å²) in [5, 5.41) is 22.3. The van der Waals surface area contributed by atoms with Gasteiger partial charge < -0.3 is 24.9 Å². The number of piperazine rings is 1. The Labute approximate surface area is 138 Å². The lowest BCUT2D eigenvalue weighted by atomic mass is 10.0. The molecule has 1 fully saturated rings.